The van der Waals surface area contributed by atoms with E-state index in [1.807, 2.05) is 44.2 Å². The topological polar surface area (TPSA) is 84.0 Å². The zero-order chi connectivity index (χ0) is 19.1. The molecule has 26 heavy (non-hydrogen) atoms. The summed E-state index contributed by atoms with van der Waals surface area (Å²) in [5.74, 6) is -1.04. The van der Waals surface area contributed by atoms with Crippen LogP contribution in [-0.2, 0) is 26.2 Å². The summed E-state index contributed by atoms with van der Waals surface area (Å²) < 4.78 is 30.6. The summed E-state index contributed by atoms with van der Waals surface area (Å²) in [6.07, 6.45) is 0.976. The second kappa shape index (κ2) is 6.90. The van der Waals surface area contributed by atoms with Crippen LogP contribution in [0.25, 0.3) is 0 Å². The fourth-order valence-electron chi connectivity index (χ4n) is 4.05. The molecule has 0 aliphatic carbocycles. The maximum atomic E-state index is 12.7. The second-order valence-electron chi connectivity index (χ2n) is 7.25. The van der Waals surface area contributed by atoms with Gasteiger partial charge in [-0.15, -0.1) is 0 Å². The number of rotatable bonds is 4. The normalized spacial score (nSPS) is 25.7. The van der Waals surface area contributed by atoms with Crippen LogP contribution in [0.4, 0.5) is 4.79 Å². The summed E-state index contributed by atoms with van der Waals surface area (Å²) >= 11 is 0. The van der Waals surface area contributed by atoms with Crippen LogP contribution in [0.5, 0.6) is 0 Å². The number of amides is 2. The monoisotopic (exact) mass is 380 g/mol. The van der Waals surface area contributed by atoms with Gasteiger partial charge in [-0.1, -0.05) is 44.2 Å². The third kappa shape index (κ3) is 3.30. The van der Waals surface area contributed by atoms with E-state index in [0.717, 1.165) is 16.1 Å². The van der Waals surface area contributed by atoms with Crippen molar-refractivity contribution in [3.63, 3.8) is 0 Å². The van der Waals surface area contributed by atoms with Crippen molar-refractivity contribution in [2.24, 2.45) is 11.8 Å². The summed E-state index contributed by atoms with van der Waals surface area (Å²) in [6.45, 7) is 4.27. The van der Waals surface area contributed by atoms with Gasteiger partial charge in [0.25, 0.3) is 0 Å². The number of carbonyl (C=O) groups is 2. The number of nitrogens with zero attached hydrogens (tertiary/aromatic N) is 2. The molecule has 0 bridgehead atoms. The van der Waals surface area contributed by atoms with Crippen molar-refractivity contribution in [2.75, 3.05) is 12.8 Å². The average Bonchev–Trinajstić information content (AvgIpc) is 3.08. The van der Waals surface area contributed by atoms with Gasteiger partial charge in [0, 0.05) is 6.54 Å². The fraction of sp³-hybridized carbons (Fsp3) is 0.556. The van der Waals surface area contributed by atoms with Crippen LogP contribution in [0.2, 0.25) is 0 Å². The first-order valence-electron chi connectivity index (χ1n) is 8.72. The number of hydrogen-bond donors (Lipinski definition) is 0. The number of hydrogen-bond acceptors (Lipinski definition) is 5. The summed E-state index contributed by atoms with van der Waals surface area (Å²) in [7, 11) is -3.67. The minimum Gasteiger partial charge on any atom is -0.445 e. The average molecular weight is 380 g/mol. The minimum absolute atomic E-state index is 0.0794. The predicted molar refractivity (Wildman–Crippen MR) is 95.5 cm³/mol. The molecule has 0 N–H and O–H groups in total. The standard InChI is InChI=1S/C18H24N2O5S/c1-12(2)15-16-14(20(17(15)21)26(3,23)24)9-10-19(16)18(22)25-11-13-7-5-4-6-8-13/h4-8,12,14-16H,9-11H2,1-3H3/t14-,15+,16-/m1/s1. The Hall–Kier alpha value is -2.09. The third-order valence-electron chi connectivity index (χ3n) is 5.11. The Balaban J connectivity index is 1.80. The van der Waals surface area contributed by atoms with E-state index in [2.05, 4.69) is 0 Å². The van der Waals surface area contributed by atoms with Gasteiger partial charge in [-0.05, 0) is 17.9 Å². The Morgan fingerprint density at radius 2 is 1.92 bits per heavy atom. The molecule has 0 saturated carbocycles. The number of likely N-dealkylation sites (tertiary alicyclic amines) is 1. The van der Waals surface area contributed by atoms with Crippen molar-refractivity contribution in [3.8, 4) is 0 Å². The van der Waals surface area contributed by atoms with Gasteiger partial charge in [0.2, 0.25) is 15.9 Å². The third-order valence-corrected chi connectivity index (χ3v) is 6.27. The SMILES string of the molecule is CC(C)[C@@H]1C(=O)N(S(C)(=O)=O)[C@@H]2CCN(C(=O)OCc3ccccc3)[C@H]21. The predicted octanol–water partition coefficient (Wildman–Crippen LogP) is 1.84. The lowest BCUT2D eigenvalue weighted by Crippen LogP contribution is -2.44. The van der Waals surface area contributed by atoms with Crippen molar-refractivity contribution in [2.45, 2.75) is 39.0 Å². The molecule has 7 nitrogen and oxygen atoms in total. The molecule has 2 aliphatic rings. The van der Waals surface area contributed by atoms with E-state index in [1.165, 1.54) is 4.90 Å². The zero-order valence-corrected chi connectivity index (χ0v) is 16.0. The number of ether oxygens (including phenoxy) is 1. The molecule has 142 valence electrons. The van der Waals surface area contributed by atoms with Gasteiger partial charge >= 0.3 is 6.09 Å². The highest BCUT2D eigenvalue weighted by Crippen LogP contribution is 2.41. The van der Waals surface area contributed by atoms with Crippen molar-refractivity contribution >= 4 is 22.0 Å². The molecule has 3 atom stereocenters. The van der Waals surface area contributed by atoms with Crippen LogP contribution in [0, 0.1) is 11.8 Å². The fourth-order valence-corrected chi connectivity index (χ4v) is 5.22. The summed E-state index contributed by atoms with van der Waals surface area (Å²) in [5, 5.41) is 0. The molecule has 2 saturated heterocycles. The van der Waals surface area contributed by atoms with E-state index in [4.69, 9.17) is 4.74 Å². The Bertz CT molecular complexity index is 793. The maximum Gasteiger partial charge on any atom is 0.410 e. The molecule has 0 spiro atoms. The molecular formula is C18H24N2O5S. The molecular weight excluding hydrogens is 356 g/mol. The lowest BCUT2D eigenvalue weighted by Gasteiger charge is -2.28. The first-order valence-corrected chi connectivity index (χ1v) is 10.6. The molecule has 0 unspecified atom stereocenters. The molecule has 8 heteroatoms. The number of fused-ring (bicyclic) bond motifs is 1. The molecule has 2 amide bonds. The van der Waals surface area contributed by atoms with Gasteiger partial charge in [-0.3, -0.25) is 4.79 Å². The van der Waals surface area contributed by atoms with Gasteiger partial charge in [-0.2, -0.15) is 0 Å². The molecule has 2 aliphatic heterocycles. The van der Waals surface area contributed by atoms with Gasteiger partial charge in [0.05, 0.1) is 24.3 Å². The lowest BCUT2D eigenvalue weighted by atomic mass is 9.88. The highest BCUT2D eigenvalue weighted by molar-refractivity contribution is 7.88. The summed E-state index contributed by atoms with van der Waals surface area (Å²) in [4.78, 5) is 26.9. The smallest absolute Gasteiger partial charge is 0.410 e. The molecule has 2 fully saturated rings. The highest BCUT2D eigenvalue weighted by atomic mass is 32.2. The molecule has 0 radical (unpaired) electrons. The number of carbonyl (C=O) groups excluding carboxylic acids is 2. The number of benzene rings is 1. The van der Waals surface area contributed by atoms with Gasteiger partial charge < -0.3 is 9.64 Å². The lowest BCUT2D eigenvalue weighted by molar-refractivity contribution is -0.129. The summed E-state index contributed by atoms with van der Waals surface area (Å²) in [6, 6.07) is 8.36. The van der Waals surface area contributed by atoms with Crippen molar-refractivity contribution in [3.05, 3.63) is 35.9 Å². The van der Waals surface area contributed by atoms with E-state index >= 15 is 0 Å². The van der Waals surface area contributed by atoms with Gasteiger partial charge in [0.15, 0.2) is 0 Å². The quantitative estimate of drug-likeness (QED) is 0.796. The van der Waals surface area contributed by atoms with E-state index in [9.17, 15) is 18.0 Å². The molecule has 1 aromatic rings. The Morgan fingerprint density at radius 3 is 2.50 bits per heavy atom. The first-order chi connectivity index (χ1) is 12.2. The van der Waals surface area contributed by atoms with E-state index in [-0.39, 0.29) is 12.5 Å². The van der Waals surface area contributed by atoms with Gasteiger partial charge in [0.1, 0.15) is 6.61 Å². The largest absolute Gasteiger partial charge is 0.445 e. The molecule has 1 aromatic carbocycles. The van der Waals surface area contributed by atoms with Crippen molar-refractivity contribution < 1.29 is 22.7 Å². The Kier molecular flexibility index (Phi) is 4.96. The van der Waals surface area contributed by atoms with E-state index in [1.54, 1.807) is 0 Å². The minimum atomic E-state index is -3.67. The molecule has 2 heterocycles. The van der Waals surface area contributed by atoms with Crippen molar-refractivity contribution in [1.29, 1.82) is 0 Å². The Labute approximate surface area is 154 Å². The van der Waals surface area contributed by atoms with Crippen LogP contribution < -0.4 is 0 Å². The van der Waals surface area contributed by atoms with Crippen LogP contribution in [0.3, 0.4) is 0 Å². The van der Waals surface area contributed by atoms with E-state index < -0.39 is 40.0 Å². The Morgan fingerprint density at radius 1 is 1.27 bits per heavy atom. The molecule has 0 aromatic heterocycles. The van der Waals surface area contributed by atoms with Crippen LogP contribution in [-0.4, -0.2) is 54.5 Å². The molecule has 3 rings (SSSR count). The highest BCUT2D eigenvalue weighted by Gasteiger charge is 2.58. The number of sulfonamides is 1. The van der Waals surface area contributed by atoms with Crippen LogP contribution >= 0.6 is 0 Å². The van der Waals surface area contributed by atoms with Crippen LogP contribution in [0.1, 0.15) is 25.8 Å². The first kappa shape index (κ1) is 18.7. The maximum absolute atomic E-state index is 12.7. The van der Waals surface area contributed by atoms with Crippen LogP contribution in [0.15, 0.2) is 30.3 Å². The summed E-state index contributed by atoms with van der Waals surface area (Å²) in [5.41, 5.74) is 0.872. The van der Waals surface area contributed by atoms with E-state index in [0.29, 0.717) is 13.0 Å². The van der Waals surface area contributed by atoms with Gasteiger partial charge in [-0.25, -0.2) is 17.5 Å². The van der Waals surface area contributed by atoms with Crippen molar-refractivity contribution in [1.82, 2.24) is 9.21 Å². The zero-order valence-electron chi connectivity index (χ0n) is 15.2. The second-order valence-corrected chi connectivity index (χ2v) is 9.11.